The highest BCUT2D eigenvalue weighted by Gasteiger charge is 2.36. The van der Waals surface area contributed by atoms with E-state index >= 15 is 0 Å². The molecule has 0 aliphatic rings. The summed E-state index contributed by atoms with van der Waals surface area (Å²) in [5.41, 5.74) is 2.64. The van der Waals surface area contributed by atoms with Gasteiger partial charge in [0.15, 0.2) is 15.6 Å². The van der Waals surface area contributed by atoms with Crippen molar-refractivity contribution in [3.05, 3.63) is 101 Å². The number of hydrogen-bond donors (Lipinski definition) is 1. The SMILES string of the molecule is COc1cc(C)cc(C)c1S(=O)(=O)N(Cc1ccc(-c2cccc(S(=O)(=O)CC(=O)O)c2)cc1)Cc1ccc(C(F)(F)F)o1. The smallest absolute Gasteiger partial charge is 0.449 e. The number of carbonyl (C=O) groups is 1. The van der Waals surface area contributed by atoms with Gasteiger partial charge in [-0.3, -0.25) is 4.79 Å². The van der Waals surface area contributed by atoms with Crippen LogP contribution < -0.4 is 4.74 Å². The van der Waals surface area contributed by atoms with Crippen molar-refractivity contribution in [2.75, 3.05) is 12.9 Å². The first-order chi connectivity index (χ1) is 20.5. The molecule has 0 amide bonds. The Balaban J connectivity index is 1.70. The average Bonchev–Trinajstić information content (AvgIpc) is 3.41. The van der Waals surface area contributed by atoms with Crippen molar-refractivity contribution in [2.45, 2.75) is 42.9 Å². The lowest BCUT2D eigenvalue weighted by atomic mass is 10.0. The molecule has 1 aromatic heterocycles. The van der Waals surface area contributed by atoms with Gasteiger partial charge in [0.1, 0.15) is 16.4 Å². The van der Waals surface area contributed by atoms with Gasteiger partial charge in [-0.1, -0.05) is 42.5 Å². The van der Waals surface area contributed by atoms with E-state index in [1.54, 1.807) is 56.3 Å². The minimum absolute atomic E-state index is 0.0796. The molecule has 0 spiro atoms. The number of furan rings is 1. The summed E-state index contributed by atoms with van der Waals surface area (Å²) in [6, 6.07) is 17.2. The fourth-order valence-corrected chi connectivity index (χ4v) is 7.48. The zero-order valence-corrected chi connectivity index (χ0v) is 25.4. The van der Waals surface area contributed by atoms with Crippen LogP contribution in [0.5, 0.6) is 5.75 Å². The van der Waals surface area contributed by atoms with Gasteiger partial charge in [-0.2, -0.15) is 17.5 Å². The first-order valence-corrected chi connectivity index (χ1v) is 16.1. The molecule has 0 aliphatic carbocycles. The maximum atomic E-state index is 14.0. The number of benzene rings is 3. The molecule has 1 N–H and O–H groups in total. The Morgan fingerprint density at radius 1 is 0.909 bits per heavy atom. The van der Waals surface area contributed by atoms with Crippen LogP contribution in [0.1, 0.15) is 28.2 Å². The molecule has 0 bridgehead atoms. The predicted octanol–water partition coefficient (Wildman–Crippen LogP) is 5.84. The second-order valence-corrected chi connectivity index (χ2v) is 13.9. The maximum Gasteiger partial charge on any atom is 0.449 e. The molecule has 1 heterocycles. The Kier molecular flexibility index (Phi) is 9.28. The summed E-state index contributed by atoms with van der Waals surface area (Å²) in [5, 5.41) is 8.93. The molecule has 4 aromatic rings. The number of sulfonamides is 1. The lowest BCUT2D eigenvalue weighted by Gasteiger charge is -2.24. The standard InChI is InChI=1S/C30H28F3NO8S2/c1-19-13-20(2)29(26(14-19)41-3)44(39,40)34(17-24-11-12-27(42-24)30(31,32)33)16-21-7-9-22(10-8-21)23-5-4-6-25(15-23)43(37,38)18-28(35)36/h4-15H,16-18H2,1-3H3,(H,35,36). The number of rotatable bonds is 11. The summed E-state index contributed by atoms with van der Waals surface area (Å²) < 4.78 is 104. The number of aryl methyl sites for hydroxylation is 2. The van der Waals surface area contributed by atoms with E-state index in [-0.39, 0.29) is 27.8 Å². The second kappa shape index (κ2) is 12.5. The van der Waals surface area contributed by atoms with Crippen LogP contribution in [0.4, 0.5) is 13.2 Å². The normalized spacial score (nSPS) is 12.4. The van der Waals surface area contributed by atoms with Crippen molar-refractivity contribution in [3.8, 4) is 16.9 Å². The Morgan fingerprint density at radius 3 is 2.18 bits per heavy atom. The summed E-state index contributed by atoms with van der Waals surface area (Å²) >= 11 is 0. The van der Waals surface area contributed by atoms with Crippen molar-refractivity contribution >= 4 is 25.8 Å². The Labute approximate surface area is 252 Å². The van der Waals surface area contributed by atoms with Crippen LogP contribution in [0.15, 0.2) is 87.0 Å². The number of methoxy groups -OCH3 is 1. The molecule has 9 nitrogen and oxygen atoms in total. The molecule has 0 atom stereocenters. The third-order valence-corrected chi connectivity index (χ3v) is 10.2. The number of halogens is 3. The van der Waals surface area contributed by atoms with E-state index < -0.39 is 50.1 Å². The predicted molar refractivity (Wildman–Crippen MR) is 154 cm³/mol. The van der Waals surface area contributed by atoms with Gasteiger partial charge in [0.05, 0.1) is 18.6 Å². The number of alkyl halides is 3. The van der Waals surface area contributed by atoms with Crippen LogP contribution in [0, 0.1) is 13.8 Å². The Hall–Kier alpha value is -4.14. The second-order valence-electron chi connectivity index (χ2n) is 10.0. The van der Waals surface area contributed by atoms with Crippen molar-refractivity contribution in [2.24, 2.45) is 0 Å². The molecule has 0 fully saturated rings. The monoisotopic (exact) mass is 651 g/mol. The van der Waals surface area contributed by atoms with E-state index in [2.05, 4.69) is 0 Å². The summed E-state index contributed by atoms with van der Waals surface area (Å²) in [6.45, 7) is 2.59. The fraction of sp³-hybridized carbons (Fsp3) is 0.233. The molecule has 4 rings (SSSR count). The molecular formula is C30H28F3NO8S2. The topological polar surface area (TPSA) is 131 Å². The Bertz CT molecular complexity index is 1900. The summed E-state index contributed by atoms with van der Waals surface area (Å²) in [7, 11) is -7.10. The molecular weight excluding hydrogens is 623 g/mol. The number of sulfone groups is 1. The van der Waals surface area contributed by atoms with Gasteiger partial charge in [-0.25, -0.2) is 16.8 Å². The lowest BCUT2D eigenvalue weighted by Crippen LogP contribution is -2.31. The molecule has 0 aliphatic heterocycles. The molecule has 0 radical (unpaired) electrons. The van der Waals surface area contributed by atoms with Crippen molar-refractivity contribution < 1.29 is 49.1 Å². The van der Waals surface area contributed by atoms with Gasteiger partial charge in [-0.05, 0) is 72.0 Å². The van der Waals surface area contributed by atoms with E-state index in [1.807, 2.05) is 0 Å². The molecule has 0 saturated carbocycles. The quantitative estimate of drug-likeness (QED) is 0.214. The average molecular weight is 652 g/mol. The van der Waals surface area contributed by atoms with Crippen LogP contribution in [0.3, 0.4) is 0 Å². The van der Waals surface area contributed by atoms with E-state index in [1.165, 1.54) is 25.3 Å². The highest BCUT2D eigenvalue weighted by molar-refractivity contribution is 7.92. The third-order valence-electron chi connectivity index (χ3n) is 6.63. The molecule has 44 heavy (non-hydrogen) atoms. The van der Waals surface area contributed by atoms with E-state index in [9.17, 15) is 34.8 Å². The largest absolute Gasteiger partial charge is 0.495 e. The number of carboxylic acid groups (broad SMARTS) is 1. The third kappa shape index (κ3) is 7.31. The first kappa shape index (κ1) is 32.8. The summed E-state index contributed by atoms with van der Waals surface area (Å²) in [6.07, 6.45) is -4.75. The summed E-state index contributed by atoms with van der Waals surface area (Å²) in [5.74, 6) is -3.95. The van der Waals surface area contributed by atoms with Gasteiger partial charge in [-0.15, -0.1) is 0 Å². The summed E-state index contributed by atoms with van der Waals surface area (Å²) in [4.78, 5) is 10.7. The van der Waals surface area contributed by atoms with Gasteiger partial charge in [0.2, 0.25) is 15.8 Å². The molecule has 234 valence electrons. The Morgan fingerprint density at radius 2 is 1.59 bits per heavy atom. The van der Waals surface area contributed by atoms with E-state index in [0.29, 0.717) is 22.3 Å². The zero-order chi connectivity index (χ0) is 32.4. The zero-order valence-electron chi connectivity index (χ0n) is 23.8. The highest BCUT2D eigenvalue weighted by Crippen LogP contribution is 2.35. The van der Waals surface area contributed by atoms with Gasteiger partial charge in [0, 0.05) is 6.54 Å². The van der Waals surface area contributed by atoms with Crippen LogP contribution in [0.25, 0.3) is 11.1 Å². The van der Waals surface area contributed by atoms with Crippen molar-refractivity contribution in [1.82, 2.24) is 4.31 Å². The number of carboxylic acids is 1. The minimum Gasteiger partial charge on any atom is -0.495 e. The highest BCUT2D eigenvalue weighted by atomic mass is 32.2. The lowest BCUT2D eigenvalue weighted by molar-refractivity contribution is -0.153. The van der Waals surface area contributed by atoms with Crippen LogP contribution in [-0.4, -0.2) is 45.1 Å². The first-order valence-electron chi connectivity index (χ1n) is 13.0. The number of aliphatic carboxylic acids is 1. The molecule has 3 aromatic carbocycles. The molecule has 14 heteroatoms. The number of nitrogens with zero attached hydrogens (tertiary/aromatic N) is 1. The van der Waals surface area contributed by atoms with Crippen LogP contribution in [-0.2, 0) is 43.9 Å². The minimum atomic E-state index is -4.75. The van der Waals surface area contributed by atoms with E-state index in [4.69, 9.17) is 14.3 Å². The van der Waals surface area contributed by atoms with E-state index in [0.717, 1.165) is 22.0 Å². The van der Waals surface area contributed by atoms with Gasteiger partial charge >= 0.3 is 12.1 Å². The molecule has 0 unspecified atom stereocenters. The van der Waals surface area contributed by atoms with Gasteiger partial charge in [0.25, 0.3) is 0 Å². The maximum absolute atomic E-state index is 14.0. The number of hydrogen-bond acceptors (Lipinski definition) is 7. The van der Waals surface area contributed by atoms with Crippen molar-refractivity contribution in [1.29, 1.82) is 0 Å². The molecule has 0 saturated heterocycles. The van der Waals surface area contributed by atoms with Crippen molar-refractivity contribution in [3.63, 3.8) is 0 Å². The van der Waals surface area contributed by atoms with Crippen LogP contribution in [0.2, 0.25) is 0 Å². The number of ether oxygens (including phenoxy) is 1. The van der Waals surface area contributed by atoms with Crippen LogP contribution >= 0.6 is 0 Å². The van der Waals surface area contributed by atoms with Gasteiger partial charge < -0.3 is 14.3 Å². The fourth-order valence-electron chi connectivity index (χ4n) is 4.66.